The van der Waals surface area contributed by atoms with Crippen molar-refractivity contribution in [3.05, 3.63) is 84.4 Å². The number of pyridine rings is 2. The van der Waals surface area contributed by atoms with Crippen LogP contribution in [0.15, 0.2) is 78.0 Å². The van der Waals surface area contributed by atoms with Crippen molar-refractivity contribution in [3.8, 4) is 0 Å². The molecule has 3 rings (SSSR count). The number of nitrogens with two attached hydrogens (primary N) is 1. The average Bonchev–Trinajstić information content (AvgIpc) is 2.56. The quantitative estimate of drug-likeness (QED) is 0.589. The van der Waals surface area contributed by atoms with Crippen LogP contribution in [0.25, 0.3) is 0 Å². The van der Waals surface area contributed by atoms with Crippen LogP contribution >= 0.6 is 0 Å². The Hall–Kier alpha value is -3.01. The lowest BCUT2D eigenvalue weighted by atomic mass is 10.1. The number of aromatic nitrogens is 2. The number of aliphatic imine (C=N–C) groups is 1. The Kier molecular flexibility index (Phi) is 3.69. The number of benzene rings is 1. The summed E-state index contributed by atoms with van der Waals surface area (Å²) in [4.78, 5) is 13.4. The molecule has 21 heavy (non-hydrogen) atoms. The molecule has 0 aliphatic rings. The Morgan fingerprint density at radius 1 is 0.762 bits per heavy atom. The lowest BCUT2D eigenvalue weighted by molar-refractivity contribution is 1.24. The van der Waals surface area contributed by atoms with Gasteiger partial charge in [0.2, 0.25) is 0 Å². The van der Waals surface area contributed by atoms with Gasteiger partial charge < -0.3 is 5.73 Å². The molecule has 4 heteroatoms. The molecule has 3 aromatic rings. The summed E-state index contributed by atoms with van der Waals surface area (Å²) >= 11 is 0. The van der Waals surface area contributed by atoms with Crippen molar-refractivity contribution in [1.82, 2.24) is 9.97 Å². The first kappa shape index (κ1) is 13.0. The largest absolute Gasteiger partial charge is 0.397 e. The van der Waals surface area contributed by atoms with E-state index in [4.69, 9.17) is 5.73 Å². The van der Waals surface area contributed by atoms with Crippen molar-refractivity contribution in [2.45, 2.75) is 0 Å². The summed E-state index contributed by atoms with van der Waals surface area (Å²) in [5.41, 5.74) is 9.55. The summed E-state index contributed by atoms with van der Waals surface area (Å²) in [5.74, 6) is 0. The van der Waals surface area contributed by atoms with Crippen molar-refractivity contribution in [2.75, 3.05) is 5.73 Å². The van der Waals surface area contributed by atoms with Gasteiger partial charge in [0.15, 0.2) is 0 Å². The Morgan fingerprint density at radius 3 is 1.86 bits per heavy atom. The Balaban J connectivity index is 2.16. The molecule has 2 aromatic heterocycles. The highest BCUT2D eigenvalue weighted by molar-refractivity contribution is 6.11. The van der Waals surface area contributed by atoms with E-state index in [0.717, 1.165) is 11.4 Å². The third-order valence-electron chi connectivity index (χ3n) is 2.98. The molecule has 0 aliphatic carbocycles. The van der Waals surface area contributed by atoms with E-state index in [1.165, 1.54) is 0 Å². The van der Waals surface area contributed by atoms with Crippen LogP contribution in [0.5, 0.6) is 0 Å². The fourth-order valence-electron chi connectivity index (χ4n) is 1.96. The van der Waals surface area contributed by atoms with E-state index in [1.807, 2.05) is 60.7 Å². The zero-order valence-electron chi connectivity index (χ0n) is 11.3. The van der Waals surface area contributed by atoms with Crippen LogP contribution in [-0.4, -0.2) is 15.7 Å². The van der Waals surface area contributed by atoms with Crippen molar-refractivity contribution >= 4 is 17.1 Å². The number of nitrogen functional groups attached to an aromatic ring is 1. The van der Waals surface area contributed by atoms with Gasteiger partial charge in [-0.05, 0) is 36.4 Å². The molecule has 0 atom stereocenters. The van der Waals surface area contributed by atoms with Crippen LogP contribution in [0, 0.1) is 0 Å². The molecular weight excluding hydrogens is 260 g/mol. The maximum atomic E-state index is 5.98. The first-order valence-corrected chi connectivity index (χ1v) is 6.60. The molecule has 0 bridgehead atoms. The monoisotopic (exact) mass is 274 g/mol. The van der Waals surface area contributed by atoms with E-state index in [9.17, 15) is 0 Å². The number of hydrogen-bond acceptors (Lipinski definition) is 4. The van der Waals surface area contributed by atoms with Crippen LogP contribution < -0.4 is 5.73 Å². The third kappa shape index (κ3) is 2.95. The van der Waals surface area contributed by atoms with Gasteiger partial charge in [0.05, 0.1) is 22.8 Å². The molecule has 0 saturated carbocycles. The van der Waals surface area contributed by atoms with E-state index in [0.29, 0.717) is 17.1 Å². The van der Waals surface area contributed by atoms with Gasteiger partial charge in [-0.1, -0.05) is 24.3 Å². The smallest absolute Gasteiger partial charge is 0.115 e. The van der Waals surface area contributed by atoms with Gasteiger partial charge in [-0.2, -0.15) is 0 Å². The highest BCUT2D eigenvalue weighted by atomic mass is 14.9. The van der Waals surface area contributed by atoms with Crippen LogP contribution in [0.1, 0.15) is 11.4 Å². The van der Waals surface area contributed by atoms with E-state index in [2.05, 4.69) is 15.0 Å². The molecule has 4 nitrogen and oxygen atoms in total. The topological polar surface area (TPSA) is 64.2 Å². The molecule has 0 aliphatic heterocycles. The number of nitrogens with zero attached hydrogens (tertiary/aromatic N) is 3. The van der Waals surface area contributed by atoms with Gasteiger partial charge in [-0.25, -0.2) is 4.99 Å². The van der Waals surface area contributed by atoms with Crippen LogP contribution in [0.4, 0.5) is 11.4 Å². The maximum absolute atomic E-state index is 5.98. The van der Waals surface area contributed by atoms with Gasteiger partial charge in [-0.3, -0.25) is 9.97 Å². The summed E-state index contributed by atoms with van der Waals surface area (Å²) in [6.07, 6.45) is 3.48. The number of para-hydroxylation sites is 2. The number of hydrogen-bond donors (Lipinski definition) is 1. The zero-order valence-corrected chi connectivity index (χ0v) is 11.3. The summed E-state index contributed by atoms with van der Waals surface area (Å²) < 4.78 is 0. The minimum atomic E-state index is 0.627. The molecule has 102 valence electrons. The molecule has 0 amide bonds. The van der Waals surface area contributed by atoms with Gasteiger partial charge in [0.25, 0.3) is 0 Å². The van der Waals surface area contributed by atoms with E-state index in [-0.39, 0.29) is 0 Å². The Bertz CT molecular complexity index is 711. The van der Waals surface area contributed by atoms with Crippen LogP contribution in [0.3, 0.4) is 0 Å². The second-order valence-corrected chi connectivity index (χ2v) is 4.45. The minimum Gasteiger partial charge on any atom is -0.397 e. The molecule has 0 unspecified atom stereocenters. The lowest BCUT2D eigenvalue weighted by Gasteiger charge is -2.07. The van der Waals surface area contributed by atoms with Crippen molar-refractivity contribution in [2.24, 2.45) is 4.99 Å². The Labute approximate surface area is 123 Å². The highest BCUT2D eigenvalue weighted by Crippen LogP contribution is 2.23. The van der Waals surface area contributed by atoms with E-state index < -0.39 is 0 Å². The Morgan fingerprint density at radius 2 is 1.33 bits per heavy atom. The third-order valence-corrected chi connectivity index (χ3v) is 2.98. The van der Waals surface area contributed by atoms with Crippen molar-refractivity contribution in [1.29, 1.82) is 0 Å². The standard InChI is InChI=1S/C17H14N4/c18-13-7-1-2-8-14(13)21-17(15-9-3-5-11-19-15)16-10-4-6-12-20-16/h1-12H,18H2. The molecule has 1 aromatic carbocycles. The number of rotatable bonds is 3. The van der Waals surface area contributed by atoms with E-state index in [1.54, 1.807) is 12.4 Å². The second-order valence-electron chi connectivity index (χ2n) is 4.45. The molecule has 0 saturated heterocycles. The maximum Gasteiger partial charge on any atom is 0.115 e. The molecular formula is C17H14N4. The predicted molar refractivity (Wildman–Crippen MR) is 84.6 cm³/mol. The molecule has 0 fully saturated rings. The second kappa shape index (κ2) is 5.96. The fourth-order valence-corrected chi connectivity index (χ4v) is 1.96. The molecule has 2 heterocycles. The molecule has 2 N–H and O–H groups in total. The zero-order chi connectivity index (χ0) is 14.5. The summed E-state index contributed by atoms with van der Waals surface area (Å²) in [6, 6.07) is 18.9. The number of anilines is 1. The highest BCUT2D eigenvalue weighted by Gasteiger charge is 2.10. The van der Waals surface area contributed by atoms with E-state index >= 15 is 0 Å². The first-order valence-electron chi connectivity index (χ1n) is 6.60. The predicted octanol–water partition coefficient (Wildman–Crippen LogP) is 3.23. The van der Waals surface area contributed by atoms with Crippen LogP contribution in [0.2, 0.25) is 0 Å². The summed E-state index contributed by atoms with van der Waals surface area (Å²) in [6.45, 7) is 0. The van der Waals surface area contributed by atoms with Gasteiger partial charge in [-0.15, -0.1) is 0 Å². The molecule has 0 spiro atoms. The first-order chi connectivity index (χ1) is 10.3. The van der Waals surface area contributed by atoms with Gasteiger partial charge >= 0.3 is 0 Å². The van der Waals surface area contributed by atoms with Crippen molar-refractivity contribution < 1.29 is 0 Å². The van der Waals surface area contributed by atoms with Gasteiger partial charge in [0, 0.05) is 12.4 Å². The van der Waals surface area contributed by atoms with Crippen molar-refractivity contribution in [3.63, 3.8) is 0 Å². The normalized spacial score (nSPS) is 10.1. The fraction of sp³-hybridized carbons (Fsp3) is 0. The minimum absolute atomic E-state index is 0.627. The lowest BCUT2D eigenvalue weighted by Crippen LogP contribution is -2.07. The average molecular weight is 274 g/mol. The van der Waals surface area contributed by atoms with Gasteiger partial charge in [0.1, 0.15) is 5.71 Å². The summed E-state index contributed by atoms with van der Waals surface area (Å²) in [7, 11) is 0. The SMILES string of the molecule is Nc1ccccc1N=C(c1ccccn1)c1ccccn1. The molecule has 0 radical (unpaired) electrons. The summed E-state index contributed by atoms with van der Waals surface area (Å²) in [5, 5.41) is 0. The van der Waals surface area contributed by atoms with Crippen LogP contribution in [-0.2, 0) is 0 Å².